The van der Waals surface area contributed by atoms with Gasteiger partial charge in [-0.15, -0.1) is 0 Å². The Morgan fingerprint density at radius 2 is 1.40 bits per heavy atom. The second-order valence-electron chi connectivity index (χ2n) is 5.37. The lowest BCUT2D eigenvalue weighted by Gasteiger charge is -2.16. The summed E-state index contributed by atoms with van der Waals surface area (Å²) in [6, 6.07) is 11.7. The van der Waals surface area contributed by atoms with E-state index >= 15 is 0 Å². The third-order valence-corrected chi connectivity index (χ3v) is 4.06. The van der Waals surface area contributed by atoms with Gasteiger partial charge in [-0.05, 0) is 43.4 Å². The molecule has 0 aliphatic carbocycles. The monoisotopic (exact) mass is 399 g/mol. The Morgan fingerprint density at radius 3 is 1.96 bits per heavy atom. The Bertz CT molecular complexity index is 746. The summed E-state index contributed by atoms with van der Waals surface area (Å²) in [5.41, 5.74) is 0.991. The third-order valence-electron chi connectivity index (χ3n) is 3.18. The van der Waals surface area contributed by atoms with Gasteiger partial charge < -0.3 is 10.6 Å². The van der Waals surface area contributed by atoms with Crippen LogP contribution in [0.3, 0.4) is 0 Å². The zero-order valence-corrected chi connectivity index (χ0v) is 15.6. The first-order valence-corrected chi connectivity index (χ1v) is 8.46. The molecule has 5 nitrogen and oxygen atoms in total. The summed E-state index contributed by atoms with van der Waals surface area (Å²) in [4.78, 5) is 25.7. The molecule has 0 fully saturated rings. The van der Waals surface area contributed by atoms with Crippen LogP contribution in [0, 0.1) is 0 Å². The Labute approximate surface area is 160 Å². The normalized spacial score (nSPS) is 10.6. The first-order valence-electron chi connectivity index (χ1n) is 7.33. The van der Waals surface area contributed by atoms with E-state index in [9.17, 15) is 9.59 Å². The van der Waals surface area contributed by atoms with E-state index in [2.05, 4.69) is 10.6 Å². The highest BCUT2D eigenvalue weighted by Gasteiger charge is 2.14. The van der Waals surface area contributed by atoms with Gasteiger partial charge in [0.25, 0.3) is 0 Å². The zero-order chi connectivity index (χ0) is 18.4. The largest absolute Gasteiger partial charge is 0.325 e. The number of amides is 2. The second-order valence-corrected chi connectivity index (χ2v) is 6.62. The quantitative estimate of drug-likeness (QED) is 0.765. The minimum absolute atomic E-state index is 0.00951. The molecule has 25 heavy (non-hydrogen) atoms. The van der Waals surface area contributed by atoms with Crippen LogP contribution in [0.15, 0.2) is 42.5 Å². The molecule has 0 spiro atoms. The fourth-order valence-electron chi connectivity index (χ4n) is 2.08. The standard InChI is InChI=1S/C17H16Cl3N3O2/c1-23(9-15(24)21-12-7-5-11(18)6-8-12)10-16(25)22-17-13(19)3-2-4-14(17)20/h2-8H,9-10H2,1H3,(H,21,24)(H,22,25). The molecule has 0 aromatic heterocycles. The minimum Gasteiger partial charge on any atom is -0.325 e. The molecule has 0 saturated carbocycles. The van der Waals surface area contributed by atoms with Crippen molar-refractivity contribution in [1.29, 1.82) is 0 Å². The van der Waals surface area contributed by atoms with E-state index < -0.39 is 0 Å². The molecule has 0 aliphatic heterocycles. The average Bonchev–Trinajstić information content (AvgIpc) is 2.53. The first kappa shape index (κ1) is 19.5. The van der Waals surface area contributed by atoms with E-state index in [-0.39, 0.29) is 24.9 Å². The molecule has 2 aromatic rings. The number of nitrogens with zero attached hydrogens (tertiary/aromatic N) is 1. The maximum absolute atomic E-state index is 12.1. The van der Waals surface area contributed by atoms with E-state index in [1.807, 2.05) is 0 Å². The Kier molecular flexibility index (Phi) is 7.08. The van der Waals surface area contributed by atoms with Crippen molar-refractivity contribution in [2.45, 2.75) is 0 Å². The van der Waals surface area contributed by atoms with Crippen molar-refractivity contribution in [3.8, 4) is 0 Å². The summed E-state index contributed by atoms with van der Waals surface area (Å²) >= 11 is 17.8. The van der Waals surface area contributed by atoms with Crippen LogP contribution in [0.5, 0.6) is 0 Å². The molecule has 2 rings (SSSR count). The van der Waals surface area contributed by atoms with Crippen molar-refractivity contribution in [1.82, 2.24) is 4.90 Å². The van der Waals surface area contributed by atoms with Crippen LogP contribution in [0.2, 0.25) is 15.1 Å². The lowest BCUT2D eigenvalue weighted by Crippen LogP contribution is -2.36. The van der Waals surface area contributed by atoms with Crippen LogP contribution in [-0.2, 0) is 9.59 Å². The van der Waals surface area contributed by atoms with Crippen LogP contribution in [0.25, 0.3) is 0 Å². The molecule has 2 N–H and O–H groups in total. The summed E-state index contributed by atoms with van der Waals surface area (Å²) in [6.45, 7) is 0.0574. The second kappa shape index (κ2) is 9.06. The van der Waals surface area contributed by atoms with Gasteiger partial charge in [-0.25, -0.2) is 0 Å². The van der Waals surface area contributed by atoms with Gasteiger partial charge in [-0.1, -0.05) is 40.9 Å². The smallest absolute Gasteiger partial charge is 0.238 e. The van der Waals surface area contributed by atoms with Crippen LogP contribution >= 0.6 is 34.8 Å². The van der Waals surface area contributed by atoms with Gasteiger partial charge >= 0.3 is 0 Å². The highest BCUT2D eigenvalue weighted by atomic mass is 35.5. The van der Waals surface area contributed by atoms with Gasteiger partial charge in [-0.2, -0.15) is 0 Å². The van der Waals surface area contributed by atoms with Crippen molar-refractivity contribution in [2.24, 2.45) is 0 Å². The van der Waals surface area contributed by atoms with Crippen molar-refractivity contribution in [3.05, 3.63) is 57.5 Å². The van der Waals surface area contributed by atoms with E-state index in [1.54, 1.807) is 54.4 Å². The molecular formula is C17H16Cl3N3O2. The van der Waals surface area contributed by atoms with E-state index in [1.165, 1.54) is 0 Å². The Morgan fingerprint density at radius 1 is 0.880 bits per heavy atom. The summed E-state index contributed by atoms with van der Waals surface area (Å²) in [5, 5.41) is 6.67. The van der Waals surface area contributed by atoms with Gasteiger partial charge in [0.15, 0.2) is 0 Å². The average molecular weight is 401 g/mol. The summed E-state index contributed by atoms with van der Waals surface area (Å²) in [7, 11) is 1.66. The fourth-order valence-corrected chi connectivity index (χ4v) is 2.69. The van der Waals surface area contributed by atoms with Crippen molar-refractivity contribution < 1.29 is 9.59 Å². The fraction of sp³-hybridized carbons (Fsp3) is 0.176. The molecule has 8 heteroatoms. The predicted molar refractivity (Wildman–Crippen MR) is 103 cm³/mol. The predicted octanol–water partition coefficient (Wildman–Crippen LogP) is 4.16. The van der Waals surface area contributed by atoms with Crippen molar-refractivity contribution in [3.63, 3.8) is 0 Å². The number of carbonyl (C=O) groups excluding carboxylic acids is 2. The molecule has 132 valence electrons. The number of nitrogens with one attached hydrogen (secondary N) is 2. The minimum atomic E-state index is -0.322. The number of hydrogen-bond donors (Lipinski definition) is 2. The number of carbonyl (C=O) groups is 2. The Balaban J connectivity index is 1.84. The lowest BCUT2D eigenvalue weighted by molar-refractivity contribution is -0.119. The summed E-state index contributed by atoms with van der Waals surface area (Å²) in [5.74, 6) is -0.565. The third kappa shape index (κ3) is 6.21. The van der Waals surface area contributed by atoms with Crippen LogP contribution in [-0.4, -0.2) is 36.9 Å². The number of likely N-dealkylation sites (N-methyl/N-ethyl adjacent to an activating group) is 1. The lowest BCUT2D eigenvalue weighted by atomic mass is 10.3. The number of halogens is 3. The molecule has 2 aromatic carbocycles. The molecule has 0 atom stereocenters. The van der Waals surface area contributed by atoms with E-state index in [4.69, 9.17) is 34.8 Å². The van der Waals surface area contributed by atoms with Crippen molar-refractivity contribution in [2.75, 3.05) is 30.8 Å². The number of anilines is 2. The molecule has 2 amide bonds. The SMILES string of the molecule is CN(CC(=O)Nc1ccc(Cl)cc1)CC(=O)Nc1c(Cl)cccc1Cl. The van der Waals surface area contributed by atoms with Crippen LogP contribution in [0.1, 0.15) is 0 Å². The van der Waals surface area contributed by atoms with Crippen LogP contribution < -0.4 is 10.6 Å². The van der Waals surface area contributed by atoms with E-state index in [0.29, 0.717) is 26.4 Å². The molecular weight excluding hydrogens is 385 g/mol. The highest BCUT2D eigenvalue weighted by Crippen LogP contribution is 2.29. The van der Waals surface area contributed by atoms with Crippen molar-refractivity contribution >= 4 is 58.0 Å². The number of para-hydroxylation sites is 1. The molecule has 0 saturated heterocycles. The number of hydrogen-bond acceptors (Lipinski definition) is 3. The summed E-state index contributed by atoms with van der Waals surface area (Å²) < 4.78 is 0. The van der Waals surface area contributed by atoms with Gasteiger partial charge in [0.05, 0.1) is 28.8 Å². The maximum atomic E-state index is 12.1. The van der Waals surface area contributed by atoms with Gasteiger partial charge in [-0.3, -0.25) is 14.5 Å². The molecule has 0 unspecified atom stereocenters. The number of benzene rings is 2. The topological polar surface area (TPSA) is 61.4 Å². The highest BCUT2D eigenvalue weighted by molar-refractivity contribution is 6.39. The Hall–Kier alpha value is -1.79. The van der Waals surface area contributed by atoms with Crippen LogP contribution in [0.4, 0.5) is 11.4 Å². The summed E-state index contributed by atoms with van der Waals surface area (Å²) in [6.07, 6.45) is 0. The number of rotatable bonds is 6. The zero-order valence-electron chi connectivity index (χ0n) is 13.4. The van der Waals surface area contributed by atoms with Gasteiger partial charge in [0.2, 0.25) is 11.8 Å². The molecule has 0 aliphatic rings. The molecule has 0 radical (unpaired) electrons. The van der Waals surface area contributed by atoms with Gasteiger partial charge in [0, 0.05) is 10.7 Å². The maximum Gasteiger partial charge on any atom is 0.238 e. The van der Waals surface area contributed by atoms with Gasteiger partial charge in [0.1, 0.15) is 0 Å². The first-order chi connectivity index (χ1) is 11.8. The molecule has 0 bridgehead atoms. The van der Waals surface area contributed by atoms with E-state index in [0.717, 1.165) is 0 Å². The molecule has 0 heterocycles.